The van der Waals surface area contributed by atoms with Gasteiger partial charge < -0.3 is 10.2 Å². The molecule has 0 aromatic heterocycles. The van der Waals surface area contributed by atoms with Gasteiger partial charge in [-0.2, -0.15) is 0 Å². The van der Waals surface area contributed by atoms with Crippen molar-refractivity contribution in [3.05, 3.63) is 0 Å². The normalized spacial score (nSPS) is 49.2. The summed E-state index contributed by atoms with van der Waals surface area (Å²) >= 11 is 0. The van der Waals surface area contributed by atoms with Gasteiger partial charge in [0.05, 0.1) is 12.2 Å². The average Bonchev–Trinajstić information content (AvgIpc) is 2.95. The van der Waals surface area contributed by atoms with Crippen LogP contribution in [0.1, 0.15) is 105 Å². The van der Waals surface area contributed by atoms with Crippen LogP contribution in [-0.2, 0) is 0 Å². The molecule has 0 spiro atoms. The second kappa shape index (κ2) is 8.12. The minimum Gasteiger partial charge on any atom is -0.393 e. The largest absolute Gasteiger partial charge is 0.393 e. The van der Waals surface area contributed by atoms with Crippen molar-refractivity contribution in [1.82, 2.24) is 0 Å². The second-order valence-electron chi connectivity index (χ2n) is 12.7. The molecule has 0 aliphatic heterocycles. The van der Waals surface area contributed by atoms with Crippen LogP contribution < -0.4 is 0 Å². The van der Waals surface area contributed by atoms with Gasteiger partial charge in [0.2, 0.25) is 0 Å². The Balaban J connectivity index is 1.53. The van der Waals surface area contributed by atoms with Crippen LogP contribution in [0.25, 0.3) is 0 Å². The Morgan fingerprint density at radius 3 is 2.34 bits per heavy atom. The molecule has 4 fully saturated rings. The number of rotatable bonds is 5. The quantitative estimate of drug-likeness (QED) is 0.553. The maximum Gasteiger partial charge on any atom is 0.0580 e. The first-order valence-electron chi connectivity index (χ1n) is 13.0. The molecule has 168 valence electrons. The fraction of sp³-hybridized carbons (Fsp3) is 1.00. The highest BCUT2D eigenvalue weighted by molar-refractivity contribution is 5.11. The van der Waals surface area contributed by atoms with Crippen LogP contribution in [0.3, 0.4) is 0 Å². The predicted octanol–water partition coefficient (Wildman–Crippen LogP) is 6.44. The molecular formula is C27H48O2. The van der Waals surface area contributed by atoms with Crippen LogP contribution in [0.15, 0.2) is 0 Å². The summed E-state index contributed by atoms with van der Waals surface area (Å²) in [4.78, 5) is 0. The summed E-state index contributed by atoms with van der Waals surface area (Å²) in [5.41, 5.74) is 0.782. The molecule has 2 nitrogen and oxygen atoms in total. The second-order valence-corrected chi connectivity index (χ2v) is 12.7. The van der Waals surface area contributed by atoms with Gasteiger partial charge in [-0.1, -0.05) is 47.5 Å². The van der Waals surface area contributed by atoms with Crippen LogP contribution in [0.4, 0.5) is 0 Å². The van der Waals surface area contributed by atoms with Gasteiger partial charge in [-0.25, -0.2) is 0 Å². The van der Waals surface area contributed by atoms with Crippen LogP contribution in [-0.4, -0.2) is 22.4 Å². The third-order valence-corrected chi connectivity index (χ3v) is 10.9. The molecule has 0 heterocycles. The van der Waals surface area contributed by atoms with Crippen molar-refractivity contribution in [3.63, 3.8) is 0 Å². The van der Waals surface area contributed by atoms with Crippen molar-refractivity contribution < 1.29 is 10.2 Å². The molecule has 0 aromatic rings. The van der Waals surface area contributed by atoms with E-state index in [2.05, 4.69) is 34.6 Å². The Bertz CT molecular complexity index is 573. The monoisotopic (exact) mass is 404 g/mol. The smallest absolute Gasteiger partial charge is 0.0580 e. The maximum absolute atomic E-state index is 11.3. The topological polar surface area (TPSA) is 40.5 Å². The highest BCUT2D eigenvalue weighted by atomic mass is 16.3. The summed E-state index contributed by atoms with van der Waals surface area (Å²) in [6, 6.07) is 0. The highest BCUT2D eigenvalue weighted by Crippen LogP contribution is 2.68. The Hall–Kier alpha value is -0.0800. The SMILES string of the molecule is CC(C)CCC(O)[C@@H](C)[C@H]1C(O)C[C@H]2[C@@H]3CCC4CCCC[C@]4(C)[C@H]3CC[C@]12C. The van der Waals surface area contributed by atoms with Gasteiger partial charge in [-0.05, 0) is 110 Å². The van der Waals surface area contributed by atoms with Crippen LogP contribution in [0, 0.1) is 52.3 Å². The lowest BCUT2D eigenvalue weighted by atomic mass is 9.44. The summed E-state index contributed by atoms with van der Waals surface area (Å²) in [6.45, 7) is 11.8. The van der Waals surface area contributed by atoms with Gasteiger partial charge in [0.15, 0.2) is 0 Å². The highest BCUT2D eigenvalue weighted by Gasteiger charge is 2.62. The zero-order valence-electron chi connectivity index (χ0n) is 19.9. The van der Waals surface area contributed by atoms with E-state index < -0.39 is 0 Å². The molecule has 4 aliphatic carbocycles. The predicted molar refractivity (Wildman–Crippen MR) is 120 cm³/mol. The van der Waals surface area contributed by atoms with Crippen molar-refractivity contribution in [1.29, 1.82) is 0 Å². The van der Waals surface area contributed by atoms with Crippen molar-refractivity contribution in [2.45, 2.75) is 117 Å². The summed E-state index contributed by atoms with van der Waals surface area (Å²) in [5, 5.41) is 22.2. The Morgan fingerprint density at radius 1 is 0.862 bits per heavy atom. The first-order chi connectivity index (χ1) is 13.7. The number of fused-ring (bicyclic) bond motifs is 5. The van der Waals surface area contributed by atoms with E-state index in [1.807, 2.05) is 0 Å². The number of aliphatic hydroxyl groups is 2. The fourth-order valence-corrected chi connectivity index (χ4v) is 9.30. The lowest BCUT2D eigenvalue weighted by Gasteiger charge is -2.60. The Morgan fingerprint density at radius 2 is 1.62 bits per heavy atom. The van der Waals surface area contributed by atoms with E-state index in [9.17, 15) is 10.2 Å². The first kappa shape index (κ1) is 22.1. The molecule has 0 aromatic carbocycles. The van der Waals surface area contributed by atoms with E-state index in [4.69, 9.17) is 0 Å². The van der Waals surface area contributed by atoms with E-state index in [1.54, 1.807) is 0 Å². The molecule has 4 aliphatic rings. The van der Waals surface area contributed by atoms with Gasteiger partial charge >= 0.3 is 0 Å². The maximum atomic E-state index is 11.3. The third-order valence-electron chi connectivity index (χ3n) is 10.9. The van der Waals surface area contributed by atoms with E-state index in [0.29, 0.717) is 17.3 Å². The first-order valence-corrected chi connectivity index (χ1v) is 13.0. The molecule has 0 amide bonds. The Labute approximate surface area is 180 Å². The average molecular weight is 405 g/mol. The molecule has 0 saturated heterocycles. The molecule has 2 heteroatoms. The van der Waals surface area contributed by atoms with Crippen molar-refractivity contribution in [3.8, 4) is 0 Å². The summed E-state index contributed by atoms with van der Waals surface area (Å²) in [5.74, 6) is 4.43. The fourth-order valence-electron chi connectivity index (χ4n) is 9.30. The van der Waals surface area contributed by atoms with E-state index >= 15 is 0 Å². The van der Waals surface area contributed by atoms with Gasteiger partial charge in [-0.15, -0.1) is 0 Å². The Kier molecular flexibility index (Phi) is 6.19. The molecule has 2 N–H and O–H groups in total. The molecule has 29 heavy (non-hydrogen) atoms. The molecule has 0 bridgehead atoms. The molecule has 4 saturated carbocycles. The van der Waals surface area contributed by atoms with Gasteiger partial charge in [-0.3, -0.25) is 0 Å². The van der Waals surface area contributed by atoms with Crippen molar-refractivity contribution >= 4 is 0 Å². The minimum absolute atomic E-state index is 0.205. The van der Waals surface area contributed by atoms with Gasteiger partial charge in [0.25, 0.3) is 0 Å². The number of hydrogen-bond acceptors (Lipinski definition) is 2. The van der Waals surface area contributed by atoms with E-state index in [1.165, 1.54) is 51.4 Å². The molecule has 4 rings (SSSR count). The van der Waals surface area contributed by atoms with Gasteiger partial charge in [0.1, 0.15) is 0 Å². The zero-order valence-corrected chi connectivity index (χ0v) is 19.9. The summed E-state index contributed by atoms with van der Waals surface area (Å²) < 4.78 is 0. The summed E-state index contributed by atoms with van der Waals surface area (Å²) in [7, 11) is 0. The molecule has 10 atom stereocenters. The van der Waals surface area contributed by atoms with E-state index in [-0.39, 0.29) is 29.5 Å². The standard InChI is InChI=1S/C27H48O2/c1-17(2)9-12-23(28)18(3)25-24(29)16-22-20-11-10-19-8-6-7-14-26(19,4)21(20)13-15-27(22,25)5/h17-25,28-29H,6-16H2,1-5H3/t18-,19?,20-,21+,22+,23?,24?,25+,26+,27+/m1/s1. The zero-order chi connectivity index (χ0) is 21.0. The molecular weight excluding hydrogens is 356 g/mol. The lowest BCUT2D eigenvalue weighted by Crippen LogP contribution is -2.53. The molecule has 3 unspecified atom stereocenters. The lowest BCUT2D eigenvalue weighted by molar-refractivity contribution is -0.120. The van der Waals surface area contributed by atoms with E-state index in [0.717, 1.165) is 37.0 Å². The van der Waals surface area contributed by atoms with Crippen molar-refractivity contribution in [2.75, 3.05) is 0 Å². The third kappa shape index (κ3) is 3.63. The van der Waals surface area contributed by atoms with Gasteiger partial charge in [0, 0.05) is 0 Å². The minimum atomic E-state index is -0.267. The summed E-state index contributed by atoms with van der Waals surface area (Å²) in [6.07, 6.45) is 13.7. The van der Waals surface area contributed by atoms with Crippen molar-refractivity contribution in [2.24, 2.45) is 52.3 Å². The number of hydrogen-bond donors (Lipinski definition) is 2. The number of aliphatic hydroxyl groups excluding tert-OH is 2. The molecule has 0 radical (unpaired) electrons. The van der Waals surface area contributed by atoms with Crippen LogP contribution >= 0.6 is 0 Å². The van der Waals surface area contributed by atoms with Crippen LogP contribution in [0.2, 0.25) is 0 Å². The van der Waals surface area contributed by atoms with Crippen LogP contribution in [0.5, 0.6) is 0 Å².